The van der Waals surface area contributed by atoms with Gasteiger partial charge in [-0.05, 0) is 18.2 Å². The predicted octanol–water partition coefficient (Wildman–Crippen LogP) is 4.90. The number of nitrogens with zero attached hydrogens (tertiary/aromatic N) is 1. The Balaban J connectivity index is 1.93. The van der Waals surface area contributed by atoms with Crippen LogP contribution in [0.2, 0.25) is 0 Å². The summed E-state index contributed by atoms with van der Waals surface area (Å²) in [5, 5.41) is 10.5. The predicted molar refractivity (Wildman–Crippen MR) is 105 cm³/mol. The monoisotopic (exact) mass is 401 g/mol. The van der Waals surface area contributed by atoms with Crippen LogP contribution in [0.5, 0.6) is 0 Å². The van der Waals surface area contributed by atoms with E-state index < -0.39 is 17.6 Å². The number of halogens is 2. The number of ether oxygens (including phenoxy) is 1. The zero-order chi connectivity index (χ0) is 19.7. The Labute approximate surface area is 164 Å². The van der Waals surface area contributed by atoms with E-state index in [-0.39, 0.29) is 11.1 Å². The van der Waals surface area contributed by atoms with E-state index in [0.717, 1.165) is 11.1 Å². The second-order valence-corrected chi connectivity index (χ2v) is 7.41. The van der Waals surface area contributed by atoms with Crippen molar-refractivity contribution in [2.45, 2.75) is 0 Å². The third kappa shape index (κ3) is 3.39. The molecule has 1 saturated heterocycles. The van der Waals surface area contributed by atoms with Gasteiger partial charge in [0.25, 0.3) is 0 Å². The van der Waals surface area contributed by atoms with Gasteiger partial charge in [0.1, 0.15) is 0 Å². The van der Waals surface area contributed by atoms with E-state index in [1.807, 2.05) is 6.07 Å². The number of morpholine rings is 1. The van der Waals surface area contributed by atoms with Crippen molar-refractivity contribution in [1.82, 2.24) is 0 Å². The lowest BCUT2D eigenvalue weighted by molar-refractivity contribution is 0.0697. The summed E-state index contributed by atoms with van der Waals surface area (Å²) in [4.78, 5) is 14.4. The molecule has 0 saturated carbocycles. The smallest absolute Gasteiger partial charge is 0.336 e. The van der Waals surface area contributed by atoms with E-state index in [0.29, 0.717) is 42.3 Å². The van der Waals surface area contributed by atoms with Crippen LogP contribution in [0.4, 0.5) is 13.8 Å². The molecule has 0 spiro atoms. The number of carboxylic acid groups (broad SMARTS) is 1. The number of anilines is 1. The maximum atomic E-state index is 14.6. The quantitative estimate of drug-likeness (QED) is 0.676. The van der Waals surface area contributed by atoms with Gasteiger partial charge in [0.2, 0.25) is 0 Å². The highest BCUT2D eigenvalue weighted by atomic mass is 32.1. The van der Waals surface area contributed by atoms with Crippen molar-refractivity contribution in [3.05, 3.63) is 65.7 Å². The summed E-state index contributed by atoms with van der Waals surface area (Å²) in [5.74, 6) is -2.94. The Morgan fingerprint density at radius 3 is 2.46 bits per heavy atom. The van der Waals surface area contributed by atoms with Crippen LogP contribution in [0, 0.1) is 11.6 Å². The van der Waals surface area contributed by atoms with Crippen LogP contribution in [0.15, 0.2) is 48.5 Å². The number of hydrogen-bond donors (Lipinski definition) is 1. The van der Waals surface area contributed by atoms with Gasteiger partial charge in [-0.1, -0.05) is 30.3 Å². The Morgan fingerprint density at radius 2 is 1.71 bits per heavy atom. The lowest BCUT2D eigenvalue weighted by Crippen LogP contribution is -2.35. The summed E-state index contributed by atoms with van der Waals surface area (Å²) in [6.07, 6.45) is 0. The molecule has 1 fully saturated rings. The molecule has 0 amide bonds. The Morgan fingerprint density at radius 1 is 1.00 bits per heavy atom. The van der Waals surface area contributed by atoms with Crippen molar-refractivity contribution < 1.29 is 23.4 Å². The van der Waals surface area contributed by atoms with E-state index in [1.165, 1.54) is 29.5 Å². The van der Waals surface area contributed by atoms with Gasteiger partial charge in [0, 0.05) is 34.7 Å². The topological polar surface area (TPSA) is 49.8 Å². The van der Waals surface area contributed by atoms with Crippen molar-refractivity contribution in [1.29, 1.82) is 0 Å². The minimum absolute atomic E-state index is 0.117. The summed E-state index contributed by atoms with van der Waals surface area (Å²) in [6, 6.07) is 12.4. The molecule has 3 aromatic rings. The second kappa shape index (κ2) is 7.69. The van der Waals surface area contributed by atoms with Crippen LogP contribution < -0.4 is 4.90 Å². The fourth-order valence-corrected chi connectivity index (χ4v) is 4.56. The molecule has 1 aliphatic heterocycles. The molecule has 1 N–H and O–H groups in total. The minimum atomic E-state index is -1.07. The normalized spacial score (nSPS) is 14.3. The average molecular weight is 401 g/mol. The molecule has 0 unspecified atom stereocenters. The van der Waals surface area contributed by atoms with E-state index in [9.17, 15) is 18.7 Å². The number of aromatic carboxylic acids is 1. The molecule has 4 nitrogen and oxygen atoms in total. The van der Waals surface area contributed by atoms with Gasteiger partial charge >= 0.3 is 5.97 Å². The van der Waals surface area contributed by atoms with Gasteiger partial charge in [-0.15, -0.1) is 11.3 Å². The largest absolute Gasteiger partial charge is 0.478 e. The van der Waals surface area contributed by atoms with Crippen LogP contribution in [-0.4, -0.2) is 37.4 Å². The SMILES string of the molecule is O=C(O)c1ccccc1-c1sc(N2CCOCC2)cc1-c1cccc(F)c1F. The Hall–Kier alpha value is -2.77. The first kappa shape index (κ1) is 18.6. The van der Waals surface area contributed by atoms with Gasteiger partial charge in [0.15, 0.2) is 11.6 Å². The van der Waals surface area contributed by atoms with Crippen LogP contribution in [0.3, 0.4) is 0 Å². The molecule has 2 aromatic carbocycles. The molecule has 1 aliphatic rings. The van der Waals surface area contributed by atoms with E-state index in [2.05, 4.69) is 4.90 Å². The third-order valence-electron chi connectivity index (χ3n) is 4.69. The second-order valence-electron chi connectivity index (χ2n) is 6.38. The van der Waals surface area contributed by atoms with Gasteiger partial charge in [0.05, 0.1) is 23.8 Å². The highest BCUT2D eigenvalue weighted by molar-refractivity contribution is 7.20. The summed E-state index contributed by atoms with van der Waals surface area (Å²) in [5.41, 5.74) is 1.21. The summed E-state index contributed by atoms with van der Waals surface area (Å²) >= 11 is 1.38. The molecule has 28 heavy (non-hydrogen) atoms. The molecule has 0 aliphatic carbocycles. The number of hydrogen-bond acceptors (Lipinski definition) is 4. The minimum Gasteiger partial charge on any atom is -0.478 e. The maximum absolute atomic E-state index is 14.6. The molecule has 4 rings (SSSR count). The van der Waals surface area contributed by atoms with Crippen molar-refractivity contribution in [3.63, 3.8) is 0 Å². The van der Waals surface area contributed by atoms with Gasteiger partial charge in [-0.25, -0.2) is 13.6 Å². The molecule has 0 atom stereocenters. The maximum Gasteiger partial charge on any atom is 0.336 e. The molecule has 0 bridgehead atoms. The number of rotatable bonds is 4. The van der Waals surface area contributed by atoms with Crippen LogP contribution in [0.25, 0.3) is 21.6 Å². The van der Waals surface area contributed by atoms with Crippen molar-refractivity contribution in [3.8, 4) is 21.6 Å². The lowest BCUT2D eigenvalue weighted by Gasteiger charge is -2.27. The van der Waals surface area contributed by atoms with Gasteiger partial charge in [-0.2, -0.15) is 0 Å². The van der Waals surface area contributed by atoms with Crippen molar-refractivity contribution in [2.24, 2.45) is 0 Å². The van der Waals surface area contributed by atoms with E-state index >= 15 is 0 Å². The summed E-state index contributed by atoms with van der Waals surface area (Å²) in [6.45, 7) is 2.54. The summed E-state index contributed by atoms with van der Waals surface area (Å²) < 4.78 is 33.8. The number of thiophene rings is 1. The van der Waals surface area contributed by atoms with Crippen molar-refractivity contribution >= 4 is 22.3 Å². The molecular formula is C21H17F2NO3S. The molecule has 0 radical (unpaired) electrons. The first-order valence-electron chi connectivity index (χ1n) is 8.80. The fourth-order valence-electron chi connectivity index (χ4n) is 3.30. The first-order valence-corrected chi connectivity index (χ1v) is 9.61. The zero-order valence-electron chi connectivity index (χ0n) is 14.8. The molecule has 1 aromatic heterocycles. The average Bonchev–Trinajstić information content (AvgIpc) is 3.16. The van der Waals surface area contributed by atoms with Gasteiger partial charge in [-0.3, -0.25) is 0 Å². The number of benzene rings is 2. The van der Waals surface area contributed by atoms with Gasteiger partial charge < -0.3 is 14.7 Å². The number of carboxylic acids is 1. The third-order valence-corrected chi connectivity index (χ3v) is 5.91. The molecule has 144 valence electrons. The molecule has 7 heteroatoms. The Bertz CT molecular complexity index is 1030. The Kier molecular flexibility index (Phi) is 5.11. The highest BCUT2D eigenvalue weighted by Gasteiger charge is 2.23. The number of carbonyl (C=O) groups is 1. The highest BCUT2D eigenvalue weighted by Crippen LogP contribution is 2.45. The first-order chi connectivity index (χ1) is 13.6. The van der Waals surface area contributed by atoms with Crippen LogP contribution in [-0.2, 0) is 4.74 Å². The fraction of sp³-hybridized carbons (Fsp3) is 0.190. The summed E-state index contributed by atoms with van der Waals surface area (Å²) in [7, 11) is 0. The zero-order valence-corrected chi connectivity index (χ0v) is 15.6. The lowest BCUT2D eigenvalue weighted by atomic mass is 9.98. The molecular weight excluding hydrogens is 384 g/mol. The van der Waals surface area contributed by atoms with Crippen molar-refractivity contribution in [2.75, 3.05) is 31.2 Å². The van der Waals surface area contributed by atoms with E-state index in [1.54, 1.807) is 18.2 Å². The van der Waals surface area contributed by atoms with Crippen LogP contribution >= 0.6 is 11.3 Å². The van der Waals surface area contributed by atoms with Crippen LogP contribution in [0.1, 0.15) is 10.4 Å². The van der Waals surface area contributed by atoms with E-state index in [4.69, 9.17) is 4.74 Å². The standard InChI is InChI=1S/C21H17F2NO3S/c22-17-7-3-6-13(19(17)23)16-12-18(24-8-10-27-11-9-24)28-20(16)14-4-1-2-5-15(14)21(25)26/h1-7,12H,8-11H2,(H,25,26). The molecule has 2 heterocycles.